The van der Waals surface area contributed by atoms with Gasteiger partial charge in [0.25, 0.3) is 0 Å². The summed E-state index contributed by atoms with van der Waals surface area (Å²) >= 11 is 0. The normalized spacial score (nSPS) is 10.8. The number of benzene rings is 1. The van der Waals surface area contributed by atoms with E-state index in [4.69, 9.17) is 10.5 Å². The Labute approximate surface area is 121 Å². The average molecular weight is 279 g/mol. The minimum absolute atomic E-state index is 0.0427. The number of hydrogen-bond acceptors (Lipinski definition) is 4. The van der Waals surface area contributed by atoms with Crippen molar-refractivity contribution in [2.45, 2.75) is 26.8 Å². The summed E-state index contributed by atoms with van der Waals surface area (Å²) in [5.41, 5.74) is 6.44. The second-order valence-corrected chi connectivity index (χ2v) is 4.98. The molecule has 5 heteroatoms. The summed E-state index contributed by atoms with van der Waals surface area (Å²) in [6.45, 7) is 8.33. The number of carbonyl (C=O) groups is 1. The van der Waals surface area contributed by atoms with E-state index in [1.807, 2.05) is 49.9 Å². The Hall–Kier alpha value is -1.75. The van der Waals surface area contributed by atoms with Crippen LogP contribution in [0.3, 0.4) is 0 Å². The molecule has 0 heterocycles. The lowest BCUT2D eigenvalue weighted by molar-refractivity contribution is -0.122. The van der Waals surface area contributed by atoms with Crippen LogP contribution in [-0.4, -0.2) is 43.1 Å². The Kier molecular flexibility index (Phi) is 6.87. The van der Waals surface area contributed by atoms with E-state index in [0.29, 0.717) is 31.1 Å². The smallest absolute Gasteiger partial charge is 0.234 e. The van der Waals surface area contributed by atoms with Crippen LogP contribution in [0.4, 0.5) is 5.69 Å². The summed E-state index contributed by atoms with van der Waals surface area (Å²) in [6, 6.07) is 7.58. The summed E-state index contributed by atoms with van der Waals surface area (Å²) in [4.78, 5) is 13.7. The predicted molar refractivity (Wildman–Crippen MR) is 81.7 cm³/mol. The molecule has 0 atom stereocenters. The number of nitrogen functional groups attached to an aromatic ring is 1. The molecule has 0 aliphatic rings. The maximum Gasteiger partial charge on any atom is 0.234 e. The number of ether oxygens (including phenoxy) is 1. The summed E-state index contributed by atoms with van der Waals surface area (Å²) in [5.74, 6) is 0.733. The largest absolute Gasteiger partial charge is 0.490 e. The summed E-state index contributed by atoms with van der Waals surface area (Å²) in [6.07, 6.45) is 0. The van der Waals surface area contributed by atoms with Gasteiger partial charge in [0, 0.05) is 12.6 Å². The highest BCUT2D eigenvalue weighted by molar-refractivity contribution is 5.78. The first kappa shape index (κ1) is 16.3. The third-order valence-electron chi connectivity index (χ3n) is 2.85. The second kappa shape index (κ2) is 8.43. The van der Waals surface area contributed by atoms with Crippen LogP contribution in [0.1, 0.15) is 20.8 Å². The maximum atomic E-state index is 11.7. The fourth-order valence-electron chi connectivity index (χ4n) is 1.82. The minimum Gasteiger partial charge on any atom is -0.490 e. The number of amides is 1. The number of nitrogens with two attached hydrogens (primary N) is 1. The van der Waals surface area contributed by atoms with E-state index in [9.17, 15) is 4.79 Å². The fraction of sp³-hybridized carbons (Fsp3) is 0.533. The molecule has 0 saturated heterocycles. The zero-order valence-corrected chi connectivity index (χ0v) is 12.6. The van der Waals surface area contributed by atoms with Crippen molar-refractivity contribution in [1.29, 1.82) is 0 Å². The molecule has 1 aromatic carbocycles. The van der Waals surface area contributed by atoms with E-state index in [2.05, 4.69) is 5.32 Å². The van der Waals surface area contributed by atoms with E-state index in [0.717, 1.165) is 6.54 Å². The molecule has 112 valence electrons. The van der Waals surface area contributed by atoms with Gasteiger partial charge >= 0.3 is 0 Å². The lowest BCUT2D eigenvalue weighted by Crippen LogP contribution is -2.41. The van der Waals surface area contributed by atoms with E-state index in [1.54, 1.807) is 0 Å². The van der Waals surface area contributed by atoms with Gasteiger partial charge in [0.1, 0.15) is 12.4 Å². The van der Waals surface area contributed by atoms with E-state index in [-0.39, 0.29) is 11.9 Å². The van der Waals surface area contributed by atoms with Gasteiger partial charge < -0.3 is 15.8 Å². The van der Waals surface area contributed by atoms with Crippen LogP contribution in [-0.2, 0) is 4.79 Å². The van der Waals surface area contributed by atoms with Crippen LogP contribution >= 0.6 is 0 Å². The number of anilines is 1. The zero-order chi connectivity index (χ0) is 15.0. The number of hydrogen-bond donors (Lipinski definition) is 2. The van der Waals surface area contributed by atoms with Crippen LogP contribution in [0.2, 0.25) is 0 Å². The Morgan fingerprint density at radius 2 is 2.10 bits per heavy atom. The van der Waals surface area contributed by atoms with E-state index in [1.165, 1.54) is 0 Å². The molecule has 1 aromatic rings. The van der Waals surface area contributed by atoms with Crippen molar-refractivity contribution in [2.75, 3.05) is 32.0 Å². The van der Waals surface area contributed by atoms with Crippen molar-refractivity contribution in [3.63, 3.8) is 0 Å². The quantitative estimate of drug-likeness (QED) is 0.708. The van der Waals surface area contributed by atoms with Gasteiger partial charge in [-0.05, 0) is 32.5 Å². The third kappa shape index (κ3) is 5.93. The molecule has 0 spiro atoms. The monoisotopic (exact) mass is 279 g/mol. The summed E-state index contributed by atoms with van der Waals surface area (Å²) in [7, 11) is 0. The highest BCUT2D eigenvalue weighted by Crippen LogP contribution is 2.19. The standard InChI is InChI=1S/C15H25N3O2/c1-4-18(11-15(19)17-12(2)3)9-10-20-14-8-6-5-7-13(14)16/h5-8,12H,4,9-11,16H2,1-3H3,(H,17,19). The van der Waals surface area contributed by atoms with E-state index >= 15 is 0 Å². The Morgan fingerprint density at radius 3 is 2.70 bits per heavy atom. The number of rotatable bonds is 8. The summed E-state index contributed by atoms with van der Waals surface area (Å²) in [5, 5.41) is 2.88. The molecule has 0 fully saturated rings. The highest BCUT2D eigenvalue weighted by Gasteiger charge is 2.10. The molecule has 0 saturated carbocycles. The van der Waals surface area contributed by atoms with Crippen molar-refractivity contribution in [3.05, 3.63) is 24.3 Å². The zero-order valence-electron chi connectivity index (χ0n) is 12.6. The number of likely N-dealkylation sites (N-methyl/N-ethyl adjacent to an activating group) is 1. The average Bonchev–Trinajstić information content (AvgIpc) is 2.38. The van der Waals surface area contributed by atoms with Crippen molar-refractivity contribution < 1.29 is 9.53 Å². The summed E-state index contributed by atoms with van der Waals surface area (Å²) < 4.78 is 5.63. The molecule has 0 aliphatic carbocycles. The van der Waals surface area contributed by atoms with Crippen LogP contribution in [0.25, 0.3) is 0 Å². The Morgan fingerprint density at radius 1 is 1.40 bits per heavy atom. The first-order valence-corrected chi connectivity index (χ1v) is 7.02. The first-order chi connectivity index (χ1) is 9.52. The molecule has 20 heavy (non-hydrogen) atoms. The highest BCUT2D eigenvalue weighted by atomic mass is 16.5. The number of para-hydroxylation sites is 2. The van der Waals surface area contributed by atoms with Crippen molar-refractivity contribution in [2.24, 2.45) is 0 Å². The minimum atomic E-state index is 0.0427. The molecule has 1 amide bonds. The number of nitrogens with one attached hydrogen (secondary N) is 1. The molecule has 0 bridgehead atoms. The fourth-order valence-corrected chi connectivity index (χ4v) is 1.82. The maximum absolute atomic E-state index is 11.7. The lowest BCUT2D eigenvalue weighted by atomic mass is 10.3. The van der Waals surface area contributed by atoms with Gasteiger partial charge in [0.05, 0.1) is 12.2 Å². The van der Waals surface area contributed by atoms with Crippen LogP contribution in [0, 0.1) is 0 Å². The molecule has 0 aliphatic heterocycles. The van der Waals surface area contributed by atoms with Crippen molar-refractivity contribution in [3.8, 4) is 5.75 Å². The number of nitrogens with zero attached hydrogens (tertiary/aromatic N) is 1. The van der Waals surface area contributed by atoms with Crippen LogP contribution < -0.4 is 15.8 Å². The molecule has 3 N–H and O–H groups in total. The topological polar surface area (TPSA) is 67.6 Å². The van der Waals surface area contributed by atoms with Gasteiger partial charge in [0.15, 0.2) is 0 Å². The predicted octanol–water partition coefficient (Wildman–Crippen LogP) is 1.49. The van der Waals surface area contributed by atoms with Gasteiger partial charge in [-0.3, -0.25) is 9.69 Å². The SMILES string of the molecule is CCN(CCOc1ccccc1N)CC(=O)NC(C)C. The van der Waals surface area contributed by atoms with Gasteiger partial charge in [0.2, 0.25) is 5.91 Å². The first-order valence-electron chi connectivity index (χ1n) is 7.02. The Balaban J connectivity index is 2.35. The molecular weight excluding hydrogens is 254 g/mol. The van der Waals surface area contributed by atoms with Gasteiger partial charge in [-0.2, -0.15) is 0 Å². The third-order valence-corrected chi connectivity index (χ3v) is 2.85. The molecule has 0 radical (unpaired) electrons. The van der Waals surface area contributed by atoms with E-state index < -0.39 is 0 Å². The van der Waals surface area contributed by atoms with Gasteiger partial charge in [-0.25, -0.2) is 0 Å². The van der Waals surface area contributed by atoms with Crippen LogP contribution in [0.5, 0.6) is 5.75 Å². The Bertz CT molecular complexity index is 421. The molecule has 0 aromatic heterocycles. The molecule has 5 nitrogen and oxygen atoms in total. The molecule has 1 rings (SSSR count). The number of carbonyl (C=O) groups excluding carboxylic acids is 1. The molecule has 0 unspecified atom stereocenters. The van der Waals surface area contributed by atoms with Gasteiger partial charge in [-0.15, -0.1) is 0 Å². The van der Waals surface area contributed by atoms with Gasteiger partial charge in [-0.1, -0.05) is 19.1 Å². The lowest BCUT2D eigenvalue weighted by Gasteiger charge is -2.21. The molecular formula is C15H25N3O2. The van der Waals surface area contributed by atoms with Crippen LogP contribution in [0.15, 0.2) is 24.3 Å². The van der Waals surface area contributed by atoms with Crippen molar-refractivity contribution >= 4 is 11.6 Å². The van der Waals surface area contributed by atoms with Crippen molar-refractivity contribution in [1.82, 2.24) is 10.2 Å². The second-order valence-electron chi connectivity index (χ2n) is 4.98.